The summed E-state index contributed by atoms with van der Waals surface area (Å²) in [6, 6.07) is 2.15. The average molecular weight is 384 g/mol. The van der Waals surface area contributed by atoms with Crippen LogP contribution in [0, 0.1) is 5.92 Å². The van der Waals surface area contributed by atoms with Crippen LogP contribution < -0.4 is 0 Å². The van der Waals surface area contributed by atoms with E-state index in [0.717, 1.165) is 12.8 Å². The van der Waals surface area contributed by atoms with Gasteiger partial charge in [0.2, 0.25) is 5.91 Å². The van der Waals surface area contributed by atoms with Crippen molar-refractivity contribution < 1.29 is 18.0 Å². The first-order valence-corrected chi connectivity index (χ1v) is 10.5. The van der Waals surface area contributed by atoms with Gasteiger partial charge in [-0.05, 0) is 25.0 Å². The second kappa shape index (κ2) is 5.95. The molecular weight excluding hydrogens is 366 g/mol. The molecule has 1 aliphatic carbocycles. The number of aromatic nitrogens is 1. The molecule has 25 heavy (non-hydrogen) atoms. The SMILES string of the molecule is O=C(C1CC1)N1CCN(C(=O)c2ccc(Cl)cn2)[C@H]2CS(=O)(=O)C[C@H]21. The van der Waals surface area contributed by atoms with Gasteiger partial charge < -0.3 is 9.80 Å². The standard InChI is InChI=1S/C16H18ClN3O4S/c17-11-3-4-12(18-7-11)16(22)20-6-5-19(15(21)10-1-2-10)13-8-25(23,24)9-14(13)20/h3-4,7,10,13-14H,1-2,5-6,8-9H2/t13-,14+/m1/s1. The lowest BCUT2D eigenvalue weighted by atomic mass is 10.0. The first kappa shape index (κ1) is 16.8. The van der Waals surface area contributed by atoms with Crippen LogP contribution in [0.4, 0.5) is 0 Å². The Labute approximate surface area is 150 Å². The van der Waals surface area contributed by atoms with Gasteiger partial charge in [0.25, 0.3) is 5.91 Å². The van der Waals surface area contributed by atoms with Crippen LogP contribution in [0.15, 0.2) is 18.3 Å². The molecule has 2 aliphatic heterocycles. The number of carbonyl (C=O) groups is 2. The van der Waals surface area contributed by atoms with Gasteiger partial charge in [0.1, 0.15) is 5.69 Å². The molecule has 1 aromatic rings. The summed E-state index contributed by atoms with van der Waals surface area (Å²) in [4.78, 5) is 32.6. The van der Waals surface area contributed by atoms with Crippen LogP contribution in [-0.4, -0.2) is 71.7 Å². The van der Waals surface area contributed by atoms with Crippen LogP contribution >= 0.6 is 11.6 Å². The van der Waals surface area contributed by atoms with Gasteiger partial charge in [-0.25, -0.2) is 13.4 Å². The Hall–Kier alpha value is -1.67. The third kappa shape index (κ3) is 3.13. The molecule has 1 aromatic heterocycles. The largest absolute Gasteiger partial charge is 0.335 e. The van der Waals surface area contributed by atoms with Crippen LogP contribution in [0.5, 0.6) is 0 Å². The smallest absolute Gasteiger partial charge is 0.272 e. The predicted molar refractivity (Wildman–Crippen MR) is 91.0 cm³/mol. The van der Waals surface area contributed by atoms with Crippen molar-refractivity contribution in [1.29, 1.82) is 0 Å². The molecule has 1 saturated carbocycles. The number of amides is 2. The lowest BCUT2D eigenvalue weighted by Crippen LogP contribution is -2.62. The Morgan fingerprint density at radius 1 is 1.08 bits per heavy atom. The first-order valence-electron chi connectivity index (χ1n) is 8.29. The van der Waals surface area contributed by atoms with Gasteiger partial charge in [-0.2, -0.15) is 0 Å². The van der Waals surface area contributed by atoms with Gasteiger partial charge in [0.05, 0.1) is 28.6 Å². The average Bonchev–Trinajstić information content (AvgIpc) is 3.35. The minimum absolute atomic E-state index is 0.0313. The number of pyridine rings is 1. The lowest BCUT2D eigenvalue weighted by molar-refractivity contribution is -0.137. The number of hydrogen-bond acceptors (Lipinski definition) is 5. The minimum Gasteiger partial charge on any atom is -0.335 e. The first-order chi connectivity index (χ1) is 11.9. The molecule has 3 heterocycles. The highest BCUT2D eigenvalue weighted by Crippen LogP contribution is 2.35. The van der Waals surface area contributed by atoms with E-state index in [9.17, 15) is 18.0 Å². The molecule has 2 saturated heterocycles. The molecule has 9 heteroatoms. The second-order valence-corrected chi connectivity index (χ2v) is 9.47. The number of sulfone groups is 1. The Kier molecular flexibility index (Phi) is 3.99. The summed E-state index contributed by atoms with van der Waals surface area (Å²) in [5.74, 6) is -0.436. The molecule has 2 amide bonds. The molecule has 7 nitrogen and oxygen atoms in total. The quantitative estimate of drug-likeness (QED) is 0.746. The minimum atomic E-state index is -3.29. The van der Waals surface area contributed by atoms with Gasteiger partial charge in [-0.1, -0.05) is 11.6 Å². The number of rotatable bonds is 2. The van der Waals surface area contributed by atoms with Crippen molar-refractivity contribution in [2.45, 2.75) is 24.9 Å². The topological polar surface area (TPSA) is 87.7 Å². The van der Waals surface area contributed by atoms with Gasteiger partial charge in [0.15, 0.2) is 9.84 Å². The molecule has 0 N–H and O–H groups in total. The van der Waals surface area contributed by atoms with Crippen LogP contribution in [-0.2, 0) is 14.6 Å². The molecule has 3 fully saturated rings. The molecule has 0 aromatic carbocycles. The summed E-state index contributed by atoms with van der Waals surface area (Å²) in [7, 11) is -3.29. The van der Waals surface area contributed by atoms with E-state index in [1.165, 1.54) is 12.3 Å². The molecule has 2 atom stereocenters. The maximum absolute atomic E-state index is 12.8. The van der Waals surface area contributed by atoms with Gasteiger partial charge in [0, 0.05) is 25.2 Å². The van der Waals surface area contributed by atoms with Crippen LogP contribution in [0.1, 0.15) is 23.3 Å². The van der Waals surface area contributed by atoms with E-state index in [1.54, 1.807) is 15.9 Å². The third-order valence-electron chi connectivity index (χ3n) is 5.09. The fraction of sp³-hybridized carbons (Fsp3) is 0.562. The molecule has 134 valence electrons. The monoisotopic (exact) mass is 383 g/mol. The zero-order chi connectivity index (χ0) is 17.8. The molecule has 0 radical (unpaired) electrons. The predicted octanol–water partition coefficient (Wildman–Crippen LogP) is 0.595. The second-order valence-electron chi connectivity index (χ2n) is 6.88. The number of piperazine rings is 1. The van der Waals surface area contributed by atoms with Gasteiger partial charge in [-0.3, -0.25) is 9.59 Å². The van der Waals surface area contributed by atoms with E-state index < -0.39 is 21.9 Å². The summed E-state index contributed by atoms with van der Waals surface area (Å²) in [5.41, 5.74) is 0.231. The fourth-order valence-electron chi connectivity index (χ4n) is 3.69. The van der Waals surface area contributed by atoms with Crippen molar-refractivity contribution in [1.82, 2.24) is 14.8 Å². The van der Waals surface area contributed by atoms with Crippen molar-refractivity contribution >= 4 is 33.3 Å². The van der Waals surface area contributed by atoms with Crippen molar-refractivity contribution in [3.8, 4) is 0 Å². The van der Waals surface area contributed by atoms with Crippen molar-refractivity contribution in [3.05, 3.63) is 29.0 Å². The molecule has 0 bridgehead atoms. The number of hydrogen-bond donors (Lipinski definition) is 0. The van der Waals surface area contributed by atoms with E-state index in [2.05, 4.69) is 4.98 Å². The van der Waals surface area contributed by atoms with Crippen LogP contribution in [0.3, 0.4) is 0 Å². The Morgan fingerprint density at radius 3 is 2.32 bits per heavy atom. The van der Waals surface area contributed by atoms with Crippen molar-refractivity contribution in [3.63, 3.8) is 0 Å². The normalized spacial score (nSPS) is 27.9. The summed E-state index contributed by atoms with van der Waals surface area (Å²) in [6.07, 6.45) is 3.14. The summed E-state index contributed by atoms with van der Waals surface area (Å²) < 4.78 is 24.4. The van der Waals surface area contributed by atoms with Crippen molar-refractivity contribution in [2.24, 2.45) is 5.92 Å². The van der Waals surface area contributed by atoms with Crippen LogP contribution in [0.2, 0.25) is 5.02 Å². The maximum atomic E-state index is 12.8. The highest BCUT2D eigenvalue weighted by atomic mass is 35.5. The Bertz CT molecular complexity index is 822. The lowest BCUT2D eigenvalue weighted by Gasteiger charge is -2.43. The molecular formula is C16H18ClN3O4S. The highest BCUT2D eigenvalue weighted by molar-refractivity contribution is 7.91. The molecule has 4 rings (SSSR count). The Balaban J connectivity index is 1.61. The summed E-state index contributed by atoms with van der Waals surface area (Å²) in [5, 5.41) is 0.428. The molecule has 3 aliphatic rings. The van der Waals surface area contributed by atoms with E-state index in [0.29, 0.717) is 18.1 Å². The maximum Gasteiger partial charge on any atom is 0.272 e. The Morgan fingerprint density at radius 2 is 1.72 bits per heavy atom. The van der Waals surface area contributed by atoms with E-state index in [1.807, 2.05) is 0 Å². The van der Waals surface area contributed by atoms with Crippen LogP contribution in [0.25, 0.3) is 0 Å². The number of carbonyl (C=O) groups excluding carboxylic acids is 2. The van der Waals surface area contributed by atoms with Gasteiger partial charge >= 0.3 is 0 Å². The van der Waals surface area contributed by atoms with E-state index in [4.69, 9.17) is 11.6 Å². The van der Waals surface area contributed by atoms with E-state index in [-0.39, 0.29) is 34.9 Å². The summed E-state index contributed by atoms with van der Waals surface area (Å²) in [6.45, 7) is 0.684. The highest BCUT2D eigenvalue weighted by Gasteiger charge is 2.51. The zero-order valence-electron chi connectivity index (χ0n) is 13.5. The fourth-order valence-corrected chi connectivity index (χ4v) is 5.79. The van der Waals surface area contributed by atoms with Crippen molar-refractivity contribution in [2.75, 3.05) is 24.6 Å². The number of fused-ring (bicyclic) bond motifs is 1. The molecule has 0 spiro atoms. The summed E-state index contributed by atoms with van der Waals surface area (Å²) >= 11 is 5.81. The van der Waals surface area contributed by atoms with Gasteiger partial charge in [-0.15, -0.1) is 0 Å². The molecule has 0 unspecified atom stereocenters. The zero-order valence-corrected chi connectivity index (χ0v) is 15.0. The van der Waals surface area contributed by atoms with E-state index >= 15 is 0 Å². The third-order valence-corrected chi connectivity index (χ3v) is 7.02. The number of nitrogens with zero attached hydrogens (tertiary/aromatic N) is 3. The number of halogens is 1.